The van der Waals surface area contributed by atoms with Gasteiger partial charge in [0, 0.05) is 31.2 Å². The fraction of sp³-hybridized carbons (Fsp3) is 0.333. The van der Waals surface area contributed by atoms with Crippen molar-refractivity contribution < 1.29 is 18.3 Å². The Hall–Kier alpha value is -2.74. The molecule has 6 nitrogen and oxygen atoms in total. The van der Waals surface area contributed by atoms with Crippen molar-refractivity contribution in [2.45, 2.75) is 12.5 Å². The predicted molar refractivity (Wildman–Crippen MR) is 119 cm³/mol. The van der Waals surface area contributed by atoms with Gasteiger partial charge in [-0.25, -0.2) is 4.39 Å². The molecule has 3 aromatic rings. The molecule has 166 valence electrons. The quantitative estimate of drug-likeness (QED) is 0.583. The third-order valence-electron chi connectivity index (χ3n) is 6.09. The first-order valence-electron chi connectivity index (χ1n) is 10.7. The lowest BCUT2D eigenvalue weighted by Gasteiger charge is -2.29. The Morgan fingerprint density at radius 3 is 2.53 bits per heavy atom. The number of hydrogen-bond donors (Lipinski definition) is 0. The molecule has 2 aliphatic rings. The van der Waals surface area contributed by atoms with Gasteiger partial charge in [-0.1, -0.05) is 23.7 Å². The molecule has 1 fully saturated rings. The van der Waals surface area contributed by atoms with Crippen molar-refractivity contribution in [3.05, 3.63) is 80.4 Å². The van der Waals surface area contributed by atoms with Crippen LogP contribution in [0.1, 0.15) is 34.1 Å². The molecular weight excluding hydrogens is 435 g/mol. The third-order valence-corrected chi connectivity index (χ3v) is 6.33. The number of fused-ring (bicyclic) bond motifs is 2. The van der Waals surface area contributed by atoms with Gasteiger partial charge in [-0.15, -0.1) is 0 Å². The van der Waals surface area contributed by atoms with Crippen LogP contribution in [0, 0.1) is 5.82 Å². The molecule has 0 bridgehead atoms. The molecule has 8 heteroatoms. The minimum Gasteiger partial charge on any atom is -0.450 e. The summed E-state index contributed by atoms with van der Waals surface area (Å²) < 4.78 is 24.9. The Kier molecular flexibility index (Phi) is 5.71. The Morgan fingerprint density at radius 2 is 1.78 bits per heavy atom. The third kappa shape index (κ3) is 3.81. The van der Waals surface area contributed by atoms with E-state index in [0.29, 0.717) is 41.3 Å². The number of nitrogens with zero attached hydrogens (tertiary/aromatic N) is 2. The summed E-state index contributed by atoms with van der Waals surface area (Å²) in [6, 6.07) is 10.0. The van der Waals surface area contributed by atoms with Crippen molar-refractivity contribution in [2.75, 3.05) is 39.4 Å². The normalized spacial score (nSPS) is 19.0. The van der Waals surface area contributed by atoms with Crippen LogP contribution in [0.2, 0.25) is 5.02 Å². The second-order valence-electron chi connectivity index (χ2n) is 8.07. The number of carbonyl (C=O) groups excluding carboxylic acids is 1. The number of halogens is 2. The molecule has 1 atom stereocenters. The van der Waals surface area contributed by atoms with E-state index >= 15 is 0 Å². The first-order valence-corrected chi connectivity index (χ1v) is 11.0. The largest absolute Gasteiger partial charge is 0.450 e. The van der Waals surface area contributed by atoms with Crippen molar-refractivity contribution in [2.24, 2.45) is 0 Å². The van der Waals surface area contributed by atoms with Crippen molar-refractivity contribution >= 4 is 28.5 Å². The summed E-state index contributed by atoms with van der Waals surface area (Å²) >= 11 is 6.10. The second kappa shape index (κ2) is 8.65. The predicted octanol–water partition coefficient (Wildman–Crippen LogP) is 3.85. The summed E-state index contributed by atoms with van der Waals surface area (Å²) in [5.41, 5.74) is 0.975. The van der Waals surface area contributed by atoms with Crippen LogP contribution in [-0.4, -0.2) is 55.1 Å². The molecule has 0 unspecified atom stereocenters. The maximum atomic E-state index is 13.6. The number of morpholine rings is 1. The van der Waals surface area contributed by atoms with Crippen LogP contribution in [-0.2, 0) is 4.74 Å². The number of hydrogen-bond acceptors (Lipinski definition) is 5. The first-order chi connectivity index (χ1) is 15.5. The SMILES string of the molecule is O=C1c2oc3ccc(Cl)cc3c(=O)c2[C@H](c2ccc(F)cc2)N1CCCN1CCOCC1. The van der Waals surface area contributed by atoms with Gasteiger partial charge in [0.1, 0.15) is 11.4 Å². The Labute approximate surface area is 189 Å². The highest BCUT2D eigenvalue weighted by molar-refractivity contribution is 6.31. The first kappa shape index (κ1) is 21.1. The molecule has 32 heavy (non-hydrogen) atoms. The molecule has 0 N–H and O–H groups in total. The Morgan fingerprint density at radius 1 is 1.03 bits per heavy atom. The van der Waals surface area contributed by atoms with Gasteiger partial charge in [0.2, 0.25) is 5.76 Å². The summed E-state index contributed by atoms with van der Waals surface area (Å²) in [6.07, 6.45) is 0.733. The summed E-state index contributed by atoms with van der Waals surface area (Å²) in [6.45, 7) is 4.40. The molecular formula is C24H22ClFN2O4. The van der Waals surface area contributed by atoms with Gasteiger partial charge in [-0.3, -0.25) is 14.5 Å². The zero-order valence-corrected chi connectivity index (χ0v) is 18.1. The fourth-order valence-corrected chi connectivity index (χ4v) is 4.68. The molecule has 1 saturated heterocycles. The monoisotopic (exact) mass is 456 g/mol. The van der Waals surface area contributed by atoms with Gasteiger partial charge in [0.15, 0.2) is 5.43 Å². The van der Waals surface area contributed by atoms with Crippen LogP contribution >= 0.6 is 11.6 Å². The minimum atomic E-state index is -0.637. The average Bonchev–Trinajstić information content (AvgIpc) is 3.08. The minimum absolute atomic E-state index is 0.0468. The van der Waals surface area contributed by atoms with E-state index in [4.69, 9.17) is 20.8 Å². The number of benzene rings is 2. The van der Waals surface area contributed by atoms with Gasteiger partial charge < -0.3 is 14.1 Å². The zero-order chi connectivity index (χ0) is 22.2. The van der Waals surface area contributed by atoms with E-state index in [9.17, 15) is 14.0 Å². The van der Waals surface area contributed by atoms with Gasteiger partial charge >= 0.3 is 0 Å². The van der Waals surface area contributed by atoms with E-state index in [0.717, 1.165) is 26.1 Å². The van der Waals surface area contributed by atoms with Crippen molar-refractivity contribution in [3.8, 4) is 0 Å². The van der Waals surface area contributed by atoms with E-state index in [1.165, 1.54) is 12.1 Å². The molecule has 3 heterocycles. The summed E-state index contributed by atoms with van der Waals surface area (Å²) in [7, 11) is 0. The summed E-state index contributed by atoms with van der Waals surface area (Å²) in [5.74, 6) is -0.662. The van der Waals surface area contributed by atoms with Crippen molar-refractivity contribution in [1.82, 2.24) is 9.80 Å². The topological polar surface area (TPSA) is 63.0 Å². The van der Waals surface area contributed by atoms with Crippen LogP contribution in [0.15, 0.2) is 51.7 Å². The maximum absolute atomic E-state index is 13.6. The highest BCUT2D eigenvalue weighted by Gasteiger charge is 2.42. The zero-order valence-electron chi connectivity index (χ0n) is 17.4. The second-order valence-corrected chi connectivity index (χ2v) is 8.51. The molecule has 5 rings (SSSR count). The van der Waals surface area contributed by atoms with E-state index in [-0.39, 0.29) is 28.5 Å². The van der Waals surface area contributed by atoms with E-state index in [2.05, 4.69) is 4.90 Å². The van der Waals surface area contributed by atoms with Crippen molar-refractivity contribution in [1.29, 1.82) is 0 Å². The van der Waals surface area contributed by atoms with Gasteiger partial charge in [-0.2, -0.15) is 0 Å². The van der Waals surface area contributed by atoms with Crippen LogP contribution in [0.3, 0.4) is 0 Å². The number of ether oxygens (including phenoxy) is 1. The number of amides is 1. The lowest BCUT2D eigenvalue weighted by Crippen LogP contribution is -2.38. The number of rotatable bonds is 5. The molecule has 0 saturated carbocycles. The molecule has 0 radical (unpaired) electrons. The van der Waals surface area contributed by atoms with Gasteiger partial charge in [-0.05, 0) is 42.3 Å². The number of carbonyl (C=O) groups is 1. The van der Waals surface area contributed by atoms with Crippen LogP contribution in [0.4, 0.5) is 4.39 Å². The van der Waals surface area contributed by atoms with Crippen molar-refractivity contribution in [3.63, 3.8) is 0 Å². The van der Waals surface area contributed by atoms with E-state index in [1.807, 2.05) is 0 Å². The molecule has 1 amide bonds. The highest BCUT2D eigenvalue weighted by atomic mass is 35.5. The van der Waals surface area contributed by atoms with Crippen LogP contribution < -0.4 is 5.43 Å². The lowest BCUT2D eigenvalue weighted by atomic mass is 9.98. The fourth-order valence-electron chi connectivity index (χ4n) is 4.50. The van der Waals surface area contributed by atoms with Gasteiger partial charge in [0.05, 0.1) is 30.2 Å². The molecule has 0 spiro atoms. The van der Waals surface area contributed by atoms with Gasteiger partial charge in [0.25, 0.3) is 5.91 Å². The van der Waals surface area contributed by atoms with E-state index in [1.54, 1.807) is 35.2 Å². The van der Waals surface area contributed by atoms with Crippen LogP contribution in [0.5, 0.6) is 0 Å². The average molecular weight is 457 g/mol. The smallest absolute Gasteiger partial charge is 0.290 e. The Balaban J connectivity index is 1.53. The standard InChI is InChI=1S/C24H22ClFN2O4/c25-16-4-7-19-18(14-16)22(29)20-21(15-2-5-17(26)6-3-15)28(24(30)23(20)32-19)9-1-8-27-10-12-31-13-11-27/h2-7,14,21H,1,8-13H2/t21-/m0/s1. The molecule has 0 aliphatic carbocycles. The Bertz CT molecular complexity index is 1220. The lowest BCUT2D eigenvalue weighted by molar-refractivity contribution is 0.0353. The molecule has 1 aromatic heterocycles. The maximum Gasteiger partial charge on any atom is 0.290 e. The molecule has 2 aromatic carbocycles. The van der Waals surface area contributed by atoms with E-state index < -0.39 is 6.04 Å². The highest BCUT2D eigenvalue weighted by Crippen LogP contribution is 2.38. The summed E-state index contributed by atoms with van der Waals surface area (Å²) in [4.78, 5) is 30.7. The molecule has 2 aliphatic heterocycles. The van der Waals surface area contributed by atoms with Crippen LogP contribution in [0.25, 0.3) is 11.0 Å². The summed E-state index contributed by atoms with van der Waals surface area (Å²) in [5, 5.41) is 0.737.